The van der Waals surface area contributed by atoms with Crippen molar-refractivity contribution in [3.05, 3.63) is 279 Å². The van der Waals surface area contributed by atoms with Crippen LogP contribution in [-0.2, 0) is 0 Å². The fraction of sp³-hybridized carbons (Fsp3) is 0. The Kier molecular flexibility index (Phi) is 10.4. The van der Waals surface area contributed by atoms with Gasteiger partial charge in [-0.2, -0.15) is 0 Å². The molecule has 0 amide bonds. The molecule has 0 saturated heterocycles. The lowest BCUT2D eigenvalue weighted by molar-refractivity contribution is 1.18. The second-order valence-corrected chi connectivity index (χ2v) is 26.8. The molecule has 3 aromatic heterocycles. The molecular formula is C65H46N2SSi2. The predicted molar refractivity (Wildman–Crippen MR) is 304 cm³/mol. The number of rotatable bonds is 10. The van der Waals surface area contributed by atoms with Gasteiger partial charge >= 0.3 is 0 Å². The van der Waals surface area contributed by atoms with Crippen LogP contribution in [0.3, 0.4) is 0 Å². The summed E-state index contributed by atoms with van der Waals surface area (Å²) in [5.74, 6) is 0. The van der Waals surface area contributed by atoms with Gasteiger partial charge in [0.05, 0.1) is 21.4 Å². The first kappa shape index (κ1) is 41.9. The van der Waals surface area contributed by atoms with Crippen molar-refractivity contribution in [2.45, 2.75) is 0 Å². The fourth-order valence-corrected chi connectivity index (χ4v) is 22.3. The van der Waals surface area contributed by atoms with Gasteiger partial charge in [-0.05, 0) is 77.9 Å². The molecule has 13 rings (SSSR count). The molecule has 330 valence electrons. The fourth-order valence-electron chi connectivity index (χ4n) is 11.6. The third kappa shape index (κ3) is 6.62. The number of thiophene rings is 1. The van der Waals surface area contributed by atoms with Crippen LogP contribution >= 0.6 is 11.3 Å². The summed E-state index contributed by atoms with van der Waals surface area (Å²) in [6, 6.07) is 102. The number of benzene rings is 10. The average molecular weight is 943 g/mol. The second kappa shape index (κ2) is 17.4. The van der Waals surface area contributed by atoms with Crippen LogP contribution in [0.5, 0.6) is 0 Å². The minimum absolute atomic E-state index is 1.03. The average Bonchev–Trinajstić information content (AvgIpc) is 3.99. The summed E-state index contributed by atoms with van der Waals surface area (Å²) < 4.78 is 4.96. The Bertz CT molecular complexity index is 3870. The lowest BCUT2D eigenvalue weighted by Gasteiger charge is -2.37. The SMILES string of the molecule is c1ccc([Si](c2ccccc2)(c2ccc([Si](c3ccccc3)(c3ccccc3)c3cccc(-n4c5ccccc5c5ccccc54)c3)cc2)c2cccc(-c3nccc4c3sc3ccccc34)c2)cc1. The van der Waals surface area contributed by atoms with Crippen molar-refractivity contribution < 1.29 is 0 Å². The van der Waals surface area contributed by atoms with E-state index >= 15 is 0 Å². The Morgan fingerprint density at radius 2 is 0.729 bits per heavy atom. The van der Waals surface area contributed by atoms with Gasteiger partial charge in [-0.3, -0.25) is 4.98 Å². The van der Waals surface area contributed by atoms with E-state index in [2.05, 4.69) is 278 Å². The van der Waals surface area contributed by atoms with Gasteiger partial charge in [-0.1, -0.05) is 237 Å². The first-order valence-corrected chi connectivity index (χ1v) is 28.8. The van der Waals surface area contributed by atoms with Crippen molar-refractivity contribution in [3.8, 4) is 16.9 Å². The second-order valence-electron chi connectivity index (χ2n) is 18.2. The van der Waals surface area contributed by atoms with Crippen molar-refractivity contribution >= 4 is 111 Å². The van der Waals surface area contributed by atoms with Crippen LogP contribution in [0.25, 0.3) is 58.9 Å². The van der Waals surface area contributed by atoms with Crippen LogP contribution in [0.15, 0.2) is 279 Å². The molecule has 0 spiro atoms. The molecule has 0 fully saturated rings. The van der Waals surface area contributed by atoms with E-state index in [0.29, 0.717) is 0 Å². The van der Waals surface area contributed by atoms with E-state index in [4.69, 9.17) is 4.98 Å². The highest BCUT2D eigenvalue weighted by molar-refractivity contribution is 7.26. The summed E-state index contributed by atoms with van der Waals surface area (Å²) >= 11 is 1.84. The number of hydrogen-bond donors (Lipinski definition) is 0. The maximum atomic E-state index is 5.12. The molecular weight excluding hydrogens is 897 g/mol. The summed E-state index contributed by atoms with van der Waals surface area (Å²) in [5, 5.41) is 15.8. The van der Waals surface area contributed by atoms with Crippen LogP contribution in [0, 0.1) is 0 Å². The number of fused-ring (bicyclic) bond motifs is 6. The van der Waals surface area contributed by atoms with Crippen molar-refractivity contribution in [2.24, 2.45) is 0 Å². The van der Waals surface area contributed by atoms with E-state index in [0.717, 1.165) is 16.9 Å². The van der Waals surface area contributed by atoms with Crippen LogP contribution in [0.2, 0.25) is 0 Å². The molecule has 0 N–H and O–H groups in total. The summed E-state index contributed by atoms with van der Waals surface area (Å²) in [7, 11) is -5.99. The van der Waals surface area contributed by atoms with E-state index in [9.17, 15) is 0 Å². The Morgan fingerprint density at radius 3 is 1.26 bits per heavy atom. The van der Waals surface area contributed by atoms with Gasteiger partial charge in [-0.15, -0.1) is 11.3 Å². The number of pyridine rings is 1. The minimum atomic E-state index is -3.00. The largest absolute Gasteiger partial charge is 0.309 e. The van der Waals surface area contributed by atoms with Crippen molar-refractivity contribution in [3.63, 3.8) is 0 Å². The molecule has 0 unspecified atom stereocenters. The normalized spacial score (nSPS) is 12.0. The molecule has 0 aliphatic carbocycles. The summed E-state index contributed by atoms with van der Waals surface area (Å²) in [5.41, 5.74) is 5.75. The number of nitrogens with zero attached hydrogens (tertiary/aromatic N) is 2. The highest BCUT2D eigenvalue weighted by atomic mass is 32.1. The summed E-state index contributed by atoms with van der Waals surface area (Å²) in [4.78, 5) is 5.12. The maximum absolute atomic E-state index is 5.12. The lowest BCUT2D eigenvalue weighted by atomic mass is 10.1. The highest BCUT2D eigenvalue weighted by Crippen LogP contribution is 2.38. The zero-order valence-corrected chi connectivity index (χ0v) is 41.2. The number of para-hydroxylation sites is 2. The Hall–Kier alpha value is -8.20. The number of hydrogen-bond acceptors (Lipinski definition) is 2. The van der Waals surface area contributed by atoms with Gasteiger partial charge < -0.3 is 4.57 Å². The van der Waals surface area contributed by atoms with Crippen LogP contribution in [0.1, 0.15) is 0 Å². The maximum Gasteiger partial charge on any atom is 0.179 e. The lowest BCUT2D eigenvalue weighted by Crippen LogP contribution is -2.76. The van der Waals surface area contributed by atoms with Gasteiger partial charge in [0.15, 0.2) is 16.1 Å². The van der Waals surface area contributed by atoms with Crippen molar-refractivity contribution in [2.75, 3.05) is 0 Å². The molecule has 0 atom stereocenters. The zero-order valence-electron chi connectivity index (χ0n) is 38.4. The highest BCUT2D eigenvalue weighted by Gasteiger charge is 2.45. The van der Waals surface area contributed by atoms with Crippen LogP contribution in [0.4, 0.5) is 0 Å². The van der Waals surface area contributed by atoms with Crippen LogP contribution < -0.4 is 41.5 Å². The molecule has 10 aromatic carbocycles. The van der Waals surface area contributed by atoms with Gasteiger partial charge in [0.2, 0.25) is 0 Å². The van der Waals surface area contributed by atoms with E-state index in [1.54, 1.807) is 0 Å². The molecule has 2 nitrogen and oxygen atoms in total. The Balaban J connectivity index is 1.05. The van der Waals surface area contributed by atoms with Gasteiger partial charge in [0.25, 0.3) is 0 Å². The summed E-state index contributed by atoms with van der Waals surface area (Å²) in [6.07, 6.45) is 1.98. The van der Waals surface area contributed by atoms with Crippen molar-refractivity contribution in [1.29, 1.82) is 0 Å². The zero-order chi connectivity index (χ0) is 46.5. The van der Waals surface area contributed by atoms with Crippen LogP contribution in [-0.4, -0.2) is 25.7 Å². The third-order valence-electron chi connectivity index (χ3n) is 14.6. The van der Waals surface area contributed by atoms with E-state index in [1.165, 1.54) is 83.5 Å². The molecule has 0 aliphatic rings. The van der Waals surface area contributed by atoms with Gasteiger partial charge in [0, 0.05) is 43.7 Å². The van der Waals surface area contributed by atoms with E-state index in [-0.39, 0.29) is 0 Å². The molecule has 0 radical (unpaired) electrons. The molecule has 0 bridgehead atoms. The molecule has 0 aliphatic heterocycles. The molecule has 0 saturated carbocycles. The smallest absolute Gasteiger partial charge is 0.179 e. The van der Waals surface area contributed by atoms with Crippen molar-refractivity contribution in [1.82, 2.24) is 9.55 Å². The standard InChI is InChI=1S/C65H46N2SSi2/c1-5-23-49(24-6-1)69(50-25-7-2-8-26-50,55-31-19-21-47(45-55)64-65-60(43-44-66-64)59-35-15-18-38-63(59)68-65)53-39-41-54(42-40-53)70(51-27-9-3-10-28-51,52-29-11-4-12-30-52)56-32-20-22-48(46-56)67-61-36-16-13-33-57(61)58-34-14-17-37-62(58)67/h1-46H. The molecule has 70 heavy (non-hydrogen) atoms. The van der Waals surface area contributed by atoms with Gasteiger partial charge in [-0.25, -0.2) is 0 Å². The van der Waals surface area contributed by atoms with E-state index in [1.807, 2.05) is 17.5 Å². The molecule has 5 heteroatoms. The monoisotopic (exact) mass is 942 g/mol. The first-order chi connectivity index (χ1) is 34.7. The topological polar surface area (TPSA) is 17.8 Å². The minimum Gasteiger partial charge on any atom is -0.309 e. The number of aromatic nitrogens is 2. The third-order valence-corrected chi connectivity index (χ3v) is 25.3. The van der Waals surface area contributed by atoms with Gasteiger partial charge in [0.1, 0.15) is 0 Å². The quantitative estimate of drug-likeness (QED) is 0.0987. The molecule has 3 heterocycles. The Labute approximate surface area is 414 Å². The molecule has 13 aromatic rings. The first-order valence-electron chi connectivity index (χ1n) is 24.0. The predicted octanol–water partition coefficient (Wildman–Crippen LogP) is 11.0. The Morgan fingerprint density at radius 1 is 0.314 bits per heavy atom. The summed E-state index contributed by atoms with van der Waals surface area (Å²) in [6.45, 7) is 0. The van der Waals surface area contributed by atoms with E-state index < -0.39 is 16.1 Å².